The molecule has 0 bridgehead atoms. The van der Waals surface area contributed by atoms with Crippen LogP contribution >= 0.6 is 0 Å². The summed E-state index contributed by atoms with van der Waals surface area (Å²) < 4.78 is 0. The normalized spacial score (nSPS) is 19.2. The summed E-state index contributed by atoms with van der Waals surface area (Å²) in [5, 5.41) is 26.1. The van der Waals surface area contributed by atoms with Crippen LogP contribution in [-0.4, -0.2) is 123 Å². The predicted molar refractivity (Wildman–Crippen MR) is 176 cm³/mol. The molecule has 2 aliphatic rings. The molecule has 2 fully saturated rings. The van der Waals surface area contributed by atoms with Crippen LogP contribution in [0.1, 0.15) is 56.9 Å². The molecule has 278 valence electrons. The number of nitrogens with one attached hydrogen (secondary N) is 3. The number of hydrogen-bond donors (Lipinski definition) is 8. The second kappa shape index (κ2) is 18.4. The fourth-order valence-electron chi connectivity index (χ4n) is 6.11. The number of primary amides is 2. The molecule has 2 saturated heterocycles. The highest BCUT2D eigenvalue weighted by molar-refractivity contribution is 5.98. The molecule has 2 aliphatic heterocycles. The zero-order valence-electron chi connectivity index (χ0n) is 27.8. The van der Waals surface area contributed by atoms with Gasteiger partial charge in [0, 0.05) is 25.9 Å². The van der Waals surface area contributed by atoms with E-state index in [9.17, 15) is 48.3 Å². The number of carboxylic acids is 2. The van der Waals surface area contributed by atoms with Gasteiger partial charge in [-0.1, -0.05) is 30.3 Å². The largest absolute Gasteiger partial charge is 0.481 e. The van der Waals surface area contributed by atoms with Crippen molar-refractivity contribution >= 4 is 53.3 Å². The molecule has 0 unspecified atom stereocenters. The van der Waals surface area contributed by atoms with Crippen molar-refractivity contribution < 1.29 is 53.4 Å². The van der Waals surface area contributed by atoms with Crippen molar-refractivity contribution in [1.29, 1.82) is 0 Å². The molecule has 0 saturated carbocycles. The van der Waals surface area contributed by atoms with Gasteiger partial charge in [-0.25, -0.2) is 4.79 Å². The molecule has 0 aliphatic carbocycles. The quantitative estimate of drug-likeness (QED) is 0.0741. The van der Waals surface area contributed by atoms with E-state index in [4.69, 9.17) is 22.3 Å². The number of benzene rings is 1. The molecule has 0 aromatic heterocycles. The molecule has 19 nitrogen and oxygen atoms in total. The summed E-state index contributed by atoms with van der Waals surface area (Å²) in [6.45, 7) is 0.207. The Kier molecular flexibility index (Phi) is 14.4. The number of carbonyl (C=O) groups excluding carboxylic acids is 7. The summed E-state index contributed by atoms with van der Waals surface area (Å²) in [6, 6.07) is 0.662. The SMILES string of the molecule is NC(=O)C[C@H](NC(=O)[C@H](CCC(=O)O)NC(=O)[C@@H](N)CC(N)=O)C(=O)N1CCC[C@H]1C(=O)N[C@@H](Cc1ccccc1)C(=O)N1CCC[C@H]1C(=O)O. The van der Waals surface area contributed by atoms with Crippen molar-refractivity contribution in [3.8, 4) is 0 Å². The zero-order valence-corrected chi connectivity index (χ0v) is 27.8. The number of carboxylic acid groups (broad SMARTS) is 2. The Morgan fingerprint density at radius 3 is 1.84 bits per heavy atom. The first-order chi connectivity index (χ1) is 24.1. The monoisotopic (exact) mass is 716 g/mol. The predicted octanol–water partition coefficient (Wildman–Crippen LogP) is -3.31. The highest BCUT2D eigenvalue weighted by atomic mass is 16.4. The van der Waals surface area contributed by atoms with E-state index < -0.39 is 115 Å². The summed E-state index contributed by atoms with van der Waals surface area (Å²) in [4.78, 5) is 116. The van der Waals surface area contributed by atoms with E-state index in [0.717, 1.165) is 4.90 Å². The van der Waals surface area contributed by atoms with Gasteiger partial charge in [0.1, 0.15) is 30.2 Å². The lowest BCUT2D eigenvalue weighted by Gasteiger charge is -2.31. The van der Waals surface area contributed by atoms with Crippen LogP contribution in [0.15, 0.2) is 30.3 Å². The van der Waals surface area contributed by atoms with Gasteiger partial charge in [0.15, 0.2) is 0 Å². The number of nitrogens with zero attached hydrogens (tertiary/aromatic N) is 2. The highest BCUT2D eigenvalue weighted by Gasteiger charge is 2.42. The van der Waals surface area contributed by atoms with E-state index in [2.05, 4.69) is 16.0 Å². The molecule has 2 heterocycles. The minimum atomic E-state index is -1.64. The van der Waals surface area contributed by atoms with Crippen LogP contribution in [0, 0.1) is 0 Å². The van der Waals surface area contributed by atoms with Crippen LogP contribution in [0.5, 0.6) is 0 Å². The van der Waals surface area contributed by atoms with Gasteiger partial charge < -0.3 is 53.2 Å². The van der Waals surface area contributed by atoms with Crippen molar-refractivity contribution in [2.45, 2.75) is 94.0 Å². The van der Waals surface area contributed by atoms with Crippen molar-refractivity contribution in [3.63, 3.8) is 0 Å². The third-order valence-corrected chi connectivity index (χ3v) is 8.61. The van der Waals surface area contributed by atoms with Crippen molar-refractivity contribution in [2.24, 2.45) is 17.2 Å². The second-order valence-corrected chi connectivity index (χ2v) is 12.5. The van der Waals surface area contributed by atoms with Crippen LogP contribution in [0.3, 0.4) is 0 Å². The molecule has 51 heavy (non-hydrogen) atoms. The molecule has 6 atom stereocenters. The number of aliphatic carboxylic acids is 2. The van der Waals surface area contributed by atoms with Gasteiger partial charge in [0.05, 0.1) is 18.9 Å². The highest BCUT2D eigenvalue weighted by Crippen LogP contribution is 2.22. The van der Waals surface area contributed by atoms with Crippen molar-refractivity contribution in [2.75, 3.05) is 13.1 Å². The Balaban J connectivity index is 1.81. The fourth-order valence-corrected chi connectivity index (χ4v) is 6.11. The van der Waals surface area contributed by atoms with Gasteiger partial charge in [-0.2, -0.15) is 0 Å². The van der Waals surface area contributed by atoms with Crippen molar-refractivity contribution in [1.82, 2.24) is 25.8 Å². The molecule has 3 rings (SSSR count). The number of carbonyl (C=O) groups is 9. The molecule has 0 spiro atoms. The minimum absolute atomic E-state index is 0.0215. The summed E-state index contributed by atoms with van der Waals surface area (Å²) in [7, 11) is 0. The maximum Gasteiger partial charge on any atom is 0.326 e. The number of hydrogen-bond acceptors (Lipinski definition) is 10. The van der Waals surface area contributed by atoms with E-state index in [1.165, 1.54) is 4.90 Å². The summed E-state index contributed by atoms with van der Waals surface area (Å²) in [6.07, 6.45) is -1.12. The Hall–Kier alpha value is -5.59. The first-order valence-corrected chi connectivity index (χ1v) is 16.4. The van der Waals surface area contributed by atoms with E-state index in [-0.39, 0.29) is 32.4 Å². The molecule has 1 aromatic carbocycles. The lowest BCUT2D eigenvalue weighted by atomic mass is 10.0. The Morgan fingerprint density at radius 1 is 0.725 bits per heavy atom. The Bertz CT molecular complexity index is 1510. The van der Waals surface area contributed by atoms with E-state index in [1.54, 1.807) is 30.3 Å². The van der Waals surface area contributed by atoms with Gasteiger partial charge in [0.25, 0.3) is 0 Å². The first-order valence-electron chi connectivity index (χ1n) is 16.4. The topological polar surface area (TPSA) is 315 Å². The van der Waals surface area contributed by atoms with Gasteiger partial charge in [0.2, 0.25) is 41.4 Å². The van der Waals surface area contributed by atoms with Crippen molar-refractivity contribution in [3.05, 3.63) is 35.9 Å². The first kappa shape index (κ1) is 39.8. The number of likely N-dealkylation sites (tertiary alicyclic amines) is 2. The van der Waals surface area contributed by atoms with Crippen LogP contribution < -0.4 is 33.2 Å². The van der Waals surface area contributed by atoms with E-state index in [1.807, 2.05) is 0 Å². The van der Waals surface area contributed by atoms with E-state index in [0.29, 0.717) is 18.4 Å². The van der Waals surface area contributed by atoms with Gasteiger partial charge in [-0.15, -0.1) is 0 Å². The molecular weight excluding hydrogens is 672 g/mol. The molecule has 11 N–H and O–H groups in total. The van der Waals surface area contributed by atoms with Gasteiger partial charge in [-0.3, -0.25) is 38.4 Å². The second-order valence-electron chi connectivity index (χ2n) is 12.5. The van der Waals surface area contributed by atoms with E-state index >= 15 is 0 Å². The average Bonchev–Trinajstić information content (AvgIpc) is 3.76. The number of nitrogens with two attached hydrogens (primary N) is 3. The number of rotatable bonds is 18. The third kappa shape index (κ3) is 11.5. The maximum absolute atomic E-state index is 13.8. The fraction of sp³-hybridized carbons (Fsp3) is 0.531. The van der Waals surface area contributed by atoms with Crippen LogP contribution in [-0.2, 0) is 49.6 Å². The molecular formula is C32H44N8O11. The minimum Gasteiger partial charge on any atom is -0.481 e. The maximum atomic E-state index is 13.8. The molecule has 7 amide bonds. The lowest BCUT2D eigenvalue weighted by Crippen LogP contribution is -2.59. The molecule has 0 radical (unpaired) electrons. The van der Waals surface area contributed by atoms with Gasteiger partial charge in [-0.05, 0) is 37.7 Å². The Morgan fingerprint density at radius 2 is 1.27 bits per heavy atom. The Labute approximate surface area is 292 Å². The van der Waals surface area contributed by atoms with Crippen LogP contribution in [0.25, 0.3) is 0 Å². The van der Waals surface area contributed by atoms with Crippen LogP contribution in [0.2, 0.25) is 0 Å². The third-order valence-electron chi connectivity index (χ3n) is 8.61. The standard InChI is InChI=1S/C32H44N8O11/c33-18(15-24(34)41)27(45)36-19(10-11-26(43)44)28(46)37-21(16-25(35)42)31(49)39-12-4-8-22(39)29(47)38-20(14-17-6-2-1-3-7-17)30(48)40-13-5-9-23(40)32(50)51/h1-3,6-7,18-23H,4-5,8-16,33H2,(H2,34,41)(H2,35,42)(H,36,45)(H,37,46)(H,38,47)(H,43,44)(H,50,51)/t18-,19-,20-,21-,22-,23-/m0/s1. The van der Waals surface area contributed by atoms with Crippen LogP contribution in [0.4, 0.5) is 0 Å². The summed E-state index contributed by atoms with van der Waals surface area (Å²) >= 11 is 0. The number of amides is 7. The summed E-state index contributed by atoms with van der Waals surface area (Å²) in [5.74, 6) is -8.67. The average molecular weight is 717 g/mol. The smallest absolute Gasteiger partial charge is 0.326 e. The summed E-state index contributed by atoms with van der Waals surface area (Å²) in [5.41, 5.74) is 16.8. The zero-order chi connectivity index (χ0) is 37.8. The molecule has 19 heteroatoms. The van der Waals surface area contributed by atoms with Gasteiger partial charge >= 0.3 is 11.9 Å². The lowest BCUT2D eigenvalue weighted by molar-refractivity contribution is -0.149. The molecule has 1 aromatic rings.